The van der Waals surface area contributed by atoms with E-state index < -0.39 is 11.7 Å². The summed E-state index contributed by atoms with van der Waals surface area (Å²) in [5, 5.41) is 3.30. The van der Waals surface area contributed by atoms with Gasteiger partial charge in [0.15, 0.2) is 0 Å². The lowest BCUT2D eigenvalue weighted by Crippen LogP contribution is -2.47. The zero-order valence-corrected chi connectivity index (χ0v) is 14.6. The minimum absolute atomic E-state index is 0.0748. The summed E-state index contributed by atoms with van der Waals surface area (Å²) in [5.74, 6) is 0.612. The average Bonchev–Trinajstić information content (AvgIpc) is 2.51. The lowest BCUT2D eigenvalue weighted by molar-refractivity contribution is -0.137. The molecule has 2 rings (SSSR count). The Bertz CT molecular complexity index is 519. The molecule has 1 aliphatic rings. The van der Waals surface area contributed by atoms with E-state index in [2.05, 4.69) is 24.1 Å². The SMILES string of the molecule is CC(C)CN1CCOC(CNC(C)c2cccc(C(F)(F)F)c2)C1. The van der Waals surface area contributed by atoms with E-state index in [1.807, 2.05) is 6.92 Å². The van der Waals surface area contributed by atoms with E-state index in [1.54, 1.807) is 6.07 Å². The number of hydrogen-bond donors (Lipinski definition) is 1. The van der Waals surface area contributed by atoms with Crippen LogP contribution in [0.15, 0.2) is 24.3 Å². The van der Waals surface area contributed by atoms with Crippen LogP contribution in [0.2, 0.25) is 0 Å². The molecule has 0 aromatic heterocycles. The molecule has 0 spiro atoms. The molecular formula is C18H27F3N2O. The van der Waals surface area contributed by atoms with Crippen LogP contribution >= 0.6 is 0 Å². The molecule has 136 valence electrons. The minimum Gasteiger partial charge on any atom is -0.374 e. The maximum absolute atomic E-state index is 12.8. The van der Waals surface area contributed by atoms with Gasteiger partial charge in [0.2, 0.25) is 0 Å². The van der Waals surface area contributed by atoms with Gasteiger partial charge in [0.05, 0.1) is 18.3 Å². The molecule has 0 saturated carbocycles. The van der Waals surface area contributed by atoms with Crippen LogP contribution in [0.5, 0.6) is 0 Å². The molecule has 24 heavy (non-hydrogen) atoms. The highest BCUT2D eigenvalue weighted by Gasteiger charge is 2.30. The van der Waals surface area contributed by atoms with E-state index in [1.165, 1.54) is 12.1 Å². The molecule has 1 fully saturated rings. The number of nitrogens with one attached hydrogen (secondary N) is 1. The van der Waals surface area contributed by atoms with Gasteiger partial charge in [-0.3, -0.25) is 4.90 Å². The van der Waals surface area contributed by atoms with Crippen molar-refractivity contribution >= 4 is 0 Å². The first-order valence-corrected chi connectivity index (χ1v) is 8.50. The quantitative estimate of drug-likeness (QED) is 0.851. The Kier molecular flexibility index (Phi) is 6.66. The van der Waals surface area contributed by atoms with E-state index >= 15 is 0 Å². The molecule has 1 N–H and O–H groups in total. The number of ether oxygens (including phenoxy) is 1. The second-order valence-electron chi connectivity index (χ2n) is 6.90. The zero-order chi connectivity index (χ0) is 17.7. The van der Waals surface area contributed by atoms with Crippen LogP contribution < -0.4 is 5.32 Å². The van der Waals surface area contributed by atoms with Crippen molar-refractivity contribution in [3.63, 3.8) is 0 Å². The van der Waals surface area contributed by atoms with Gasteiger partial charge in [0.25, 0.3) is 0 Å². The third-order valence-corrected chi connectivity index (χ3v) is 4.21. The van der Waals surface area contributed by atoms with Crippen LogP contribution in [-0.2, 0) is 10.9 Å². The number of alkyl halides is 3. The molecule has 2 atom stereocenters. The lowest BCUT2D eigenvalue weighted by atomic mass is 10.0. The summed E-state index contributed by atoms with van der Waals surface area (Å²) >= 11 is 0. The van der Waals surface area contributed by atoms with Gasteiger partial charge in [-0.25, -0.2) is 0 Å². The molecular weight excluding hydrogens is 317 g/mol. The summed E-state index contributed by atoms with van der Waals surface area (Å²) in [6.45, 7) is 10.4. The van der Waals surface area contributed by atoms with Crippen molar-refractivity contribution in [2.24, 2.45) is 5.92 Å². The number of nitrogens with zero attached hydrogens (tertiary/aromatic N) is 1. The van der Waals surface area contributed by atoms with E-state index in [4.69, 9.17) is 4.74 Å². The van der Waals surface area contributed by atoms with Crippen LogP contribution in [0.4, 0.5) is 13.2 Å². The number of hydrogen-bond acceptors (Lipinski definition) is 3. The highest BCUT2D eigenvalue weighted by Crippen LogP contribution is 2.30. The van der Waals surface area contributed by atoms with Gasteiger partial charge >= 0.3 is 6.18 Å². The molecule has 1 saturated heterocycles. The molecule has 0 radical (unpaired) electrons. The number of halogens is 3. The van der Waals surface area contributed by atoms with Gasteiger partial charge < -0.3 is 10.1 Å². The van der Waals surface area contributed by atoms with Gasteiger partial charge in [-0.05, 0) is 30.5 Å². The second kappa shape index (κ2) is 8.32. The molecule has 0 aliphatic carbocycles. The van der Waals surface area contributed by atoms with Crippen molar-refractivity contribution in [2.75, 3.05) is 32.8 Å². The summed E-state index contributed by atoms with van der Waals surface area (Å²) in [5.41, 5.74) is 0.0327. The number of rotatable bonds is 6. The molecule has 1 heterocycles. The molecule has 3 nitrogen and oxygen atoms in total. The fraction of sp³-hybridized carbons (Fsp3) is 0.667. The van der Waals surface area contributed by atoms with Crippen molar-refractivity contribution in [3.05, 3.63) is 35.4 Å². The maximum atomic E-state index is 12.8. The third kappa shape index (κ3) is 5.76. The predicted octanol–water partition coefficient (Wildman–Crippen LogP) is 3.71. The number of benzene rings is 1. The summed E-state index contributed by atoms with van der Waals surface area (Å²) in [6, 6.07) is 5.34. The molecule has 0 amide bonds. The normalized spacial score (nSPS) is 21.2. The van der Waals surface area contributed by atoms with Crippen molar-refractivity contribution in [1.82, 2.24) is 10.2 Å². The van der Waals surface area contributed by atoms with E-state index in [-0.39, 0.29) is 12.1 Å². The van der Waals surface area contributed by atoms with Crippen LogP contribution in [0.25, 0.3) is 0 Å². The van der Waals surface area contributed by atoms with E-state index in [9.17, 15) is 13.2 Å². The van der Waals surface area contributed by atoms with Gasteiger partial charge in [-0.2, -0.15) is 13.2 Å². The van der Waals surface area contributed by atoms with Gasteiger partial charge in [0, 0.05) is 32.2 Å². The molecule has 2 unspecified atom stereocenters. The standard InChI is InChI=1S/C18H27F3N2O/c1-13(2)11-23-7-8-24-17(12-23)10-22-14(3)15-5-4-6-16(9-15)18(19,20)21/h4-6,9,13-14,17,22H,7-8,10-12H2,1-3H3. The Morgan fingerprint density at radius 2 is 2.04 bits per heavy atom. The minimum atomic E-state index is -4.31. The smallest absolute Gasteiger partial charge is 0.374 e. The second-order valence-corrected chi connectivity index (χ2v) is 6.90. The Balaban J connectivity index is 1.87. The first-order chi connectivity index (χ1) is 11.3. The predicted molar refractivity (Wildman–Crippen MR) is 88.9 cm³/mol. The first-order valence-electron chi connectivity index (χ1n) is 8.50. The van der Waals surface area contributed by atoms with Crippen molar-refractivity contribution in [2.45, 2.75) is 39.1 Å². The number of morpholine rings is 1. The fourth-order valence-corrected chi connectivity index (χ4v) is 3.00. The maximum Gasteiger partial charge on any atom is 0.416 e. The molecule has 6 heteroatoms. The summed E-state index contributed by atoms with van der Waals surface area (Å²) in [4.78, 5) is 2.38. The average molecular weight is 344 g/mol. The molecule has 0 bridgehead atoms. The first kappa shape index (κ1) is 19.2. The Morgan fingerprint density at radius 3 is 2.71 bits per heavy atom. The zero-order valence-electron chi connectivity index (χ0n) is 14.6. The highest BCUT2D eigenvalue weighted by atomic mass is 19.4. The van der Waals surface area contributed by atoms with E-state index in [0.717, 1.165) is 25.7 Å². The highest BCUT2D eigenvalue weighted by molar-refractivity contribution is 5.27. The molecule has 1 aliphatic heterocycles. The molecule has 1 aromatic rings. The van der Waals surface area contributed by atoms with Gasteiger partial charge in [0.1, 0.15) is 0 Å². The lowest BCUT2D eigenvalue weighted by Gasteiger charge is -2.34. The van der Waals surface area contributed by atoms with Crippen LogP contribution in [0.3, 0.4) is 0 Å². The topological polar surface area (TPSA) is 24.5 Å². The van der Waals surface area contributed by atoms with Crippen molar-refractivity contribution in [1.29, 1.82) is 0 Å². The van der Waals surface area contributed by atoms with Crippen molar-refractivity contribution in [3.8, 4) is 0 Å². The monoisotopic (exact) mass is 344 g/mol. The summed E-state index contributed by atoms with van der Waals surface area (Å²) < 4.78 is 44.2. The Hall–Kier alpha value is -1.11. The van der Waals surface area contributed by atoms with Gasteiger partial charge in [-0.15, -0.1) is 0 Å². The summed E-state index contributed by atoms with van der Waals surface area (Å²) in [6.07, 6.45) is -4.23. The Morgan fingerprint density at radius 1 is 1.29 bits per heavy atom. The van der Waals surface area contributed by atoms with Crippen molar-refractivity contribution < 1.29 is 17.9 Å². The third-order valence-electron chi connectivity index (χ3n) is 4.21. The van der Waals surface area contributed by atoms with Gasteiger partial charge in [-0.1, -0.05) is 26.0 Å². The molecule has 1 aromatic carbocycles. The Labute approximate surface area is 142 Å². The largest absolute Gasteiger partial charge is 0.416 e. The van der Waals surface area contributed by atoms with Crippen LogP contribution in [-0.4, -0.2) is 43.8 Å². The summed E-state index contributed by atoms with van der Waals surface area (Å²) in [7, 11) is 0. The fourth-order valence-electron chi connectivity index (χ4n) is 3.00. The van der Waals surface area contributed by atoms with E-state index in [0.29, 0.717) is 24.6 Å². The van der Waals surface area contributed by atoms with Crippen LogP contribution in [0.1, 0.15) is 37.9 Å². The van der Waals surface area contributed by atoms with Crippen LogP contribution in [0, 0.1) is 5.92 Å².